The lowest BCUT2D eigenvalue weighted by Gasteiger charge is -2.15. The molecule has 1 N–H and O–H groups in total. The predicted molar refractivity (Wildman–Crippen MR) is 105 cm³/mol. The number of hydrogen-bond donors (Lipinski definition) is 1. The zero-order valence-corrected chi connectivity index (χ0v) is 15.8. The second kappa shape index (κ2) is 9.99. The molecule has 0 fully saturated rings. The van der Waals surface area contributed by atoms with E-state index in [1.807, 2.05) is 44.2 Å². The van der Waals surface area contributed by atoms with E-state index in [-0.39, 0.29) is 11.2 Å². The second-order valence-corrected chi connectivity index (χ2v) is 6.77. The maximum Gasteiger partial charge on any atom is 0.234 e. The summed E-state index contributed by atoms with van der Waals surface area (Å²) in [7, 11) is 0. The number of carbonyl (C=O) groups excluding carboxylic acids is 1. The van der Waals surface area contributed by atoms with Crippen LogP contribution in [-0.4, -0.2) is 24.9 Å². The second-order valence-electron chi connectivity index (χ2n) is 5.44. The molecule has 0 saturated carbocycles. The fraction of sp³-hybridized carbons (Fsp3) is 0.350. The minimum atomic E-state index is -0.0533. The maximum absolute atomic E-state index is 12.3. The van der Waals surface area contributed by atoms with E-state index in [1.54, 1.807) is 17.8 Å². The minimum Gasteiger partial charge on any atom is -0.494 e. The normalized spacial score (nSPS) is 11.6. The van der Waals surface area contributed by atoms with Gasteiger partial charge in [-0.25, -0.2) is 0 Å². The summed E-state index contributed by atoms with van der Waals surface area (Å²) < 4.78 is 11.1. The summed E-state index contributed by atoms with van der Waals surface area (Å²) in [6.07, 6.45) is 0. The average Bonchev–Trinajstić information content (AvgIpc) is 2.63. The Balaban J connectivity index is 1.97. The van der Waals surface area contributed by atoms with Gasteiger partial charge in [0, 0.05) is 11.3 Å². The largest absolute Gasteiger partial charge is 0.494 e. The lowest BCUT2D eigenvalue weighted by atomic mass is 10.2. The van der Waals surface area contributed by atoms with E-state index in [4.69, 9.17) is 9.47 Å². The van der Waals surface area contributed by atoms with Gasteiger partial charge < -0.3 is 14.8 Å². The summed E-state index contributed by atoms with van der Waals surface area (Å²) in [5.41, 5.74) is 1.86. The Labute approximate surface area is 153 Å². The number of nitrogens with one attached hydrogen (secondary N) is 1. The van der Waals surface area contributed by atoms with Crippen LogP contribution in [0.1, 0.15) is 31.6 Å². The molecule has 0 spiro atoms. The maximum atomic E-state index is 12.3. The third kappa shape index (κ3) is 6.02. The molecule has 0 aliphatic heterocycles. The van der Waals surface area contributed by atoms with Gasteiger partial charge in [0.1, 0.15) is 11.5 Å². The van der Waals surface area contributed by atoms with Crippen LogP contribution in [0.2, 0.25) is 0 Å². The number of thioether (sulfide) groups is 1. The fourth-order valence-electron chi connectivity index (χ4n) is 2.35. The molecule has 2 rings (SSSR count). The van der Waals surface area contributed by atoms with E-state index >= 15 is 0 Å². The van der Waals surface area contributed by atoms with Gasteiger partial charge in [-0.1, -0.05) is 30.3 Å². The van der Waals surface area contributed by atoms with Gasteiger partial charge in [0.2, 0.25) is 5.91 Å². The van der Waals surface area contributed by atoms with E-state index in [1.165, 1.54) is 5.56 Å². The number of amides is 1. The van der Waals surface area contributed by atoms with Crippen molar-refractivity contribution in [1.82, 2.24) is 0 Å². The molecule has 0 radical (unpaired) electrons. The van der Waals surface area contributed by atoms with Gasteiger partial charge >= 0.3 is 0 Å². The van der Waals surface area contributed by atoms with Gasteiger partial charge in [-0.2, -0.15) is 0 Å². The van der Waals surface area contributed by atoms with Crippen molar-refractivity contribution in [3.63, 3.8) is 0 Å². The number of hydrogen-bond acceptors (Lipinski definition) is 4. The topological polar surface area (TPSA) is 47.6 Å². The SMILES string of the molecule is CCOc1ccc(OCC)c(NC(=O)CSC(C)c2ccccc2)c1. The highest BCUT2D eigenvalue weighted by atomic mass is 32.2. The van der Waals surface area contributed by atoms with Crippen LogP contribution < -0.4 is 14.8 Å². The molecule has 134 valence electrons. The molecule has 0 aromatic heterocycles. The van der Waals surface area contributed by atoms with Crippen molar-refractivity contribution in [1.29, 1.82) is 0 Å². The van der Waals surface area contributed by atoms with Crippen LogP contribution in [0.3, 0.4) is 0 Å². The molecule has 5 heteroatoms. The standard InChI is InChI=1S/C20H25NO3S/c1-4-23-17-11-12-19(24-5-2)18(13-17)21-20(22)14-25-15(3)16-9-7-6-8-10-16/h6-13,15H,4-5,14H2,1-3H3,(H,21,22). The van der Waals surface area contributed by atoms with Crippen LogP contribution in [0.25, 0.3) is 0 Å². The molecule has 1 unspecified atom stereocenters. The Bertz CT molecular complexity index is 676. The Hall–Kier alpha value is -2.14. The van der Waals surface area contributed by atoms with Gasteiger partial charge in [-0.15, -0.1) is 11.8 Å². The molecule has 1 atom stereocenters. The van der Waals surface area contributed by atoms with Crippen molar-refractivity contribution in [2.24, 2.45) is 0 Å². The summed E-state index contributed by atoms with van der Waals surface area (Å²) in [6, 6.07) is 15.6. The Morgan fingerprint density at radius 3 is 2.48 bits per heavy atom. The van der Waals surface area contributed by atoms with E-state index in [9.17, 15) is 4.79 Å². The molecule has 1 amide bonds. The molecule has 0 aliphatic carbocycles. The Kier molecular flexibility index (Phi) is 7.67. The van der Waals surface area contributed by atoms with Crippen LogP contribution in [0, 0.1) is 0 Å². The van der Waals surface area contributed by atoms with Gasteiger partial charge in [0.25, 0.3) is 0 Å². The summed E-state index contributed by atoms with van der Waals surface area (Å²) in [5, 5.41) is 3.19. The van der Waals surface area contributed by atoms with Crippen molar-refractivity contribution in [2.75, 3.05) is 24.3 Å². The highest BCUT2D eigenvalue weighted by molar-refractivity contribution is 8.00. The van der Waals surface area contributed by atoms with E-state index in [2.05, 4.69) is 24.4 Å². The smallest absolute Gasteiger partial charge is 0.234 e. The van der Waals surface area contributed by atoms with E-state index in [0.29, 0.717) is 36.2 Å². The van der Waals surface area contributed by atoms with Crippen LogP contribution in [0.15, 0.2) is 48.5 Å². The molecule has 4 nitrogen and oxygen atoms in total. The van der Waals surface area contributed by atoms with E-state index < -0.39 is 0 Å². The lowest BCUT2D eigenvalue weighted by Crippen LogP contribution is -2.15. The first-order valence-corrected chi connectivity index (χ1v) is 9.55. The zero-order chi connectivity index (χ0) is 18.1. The van der Waals surface area contributed by atoms with Crippen molar-refractivity contribution in [2.45, 2.75) is 26.0 Å². The molecule has 25 heavy (non-hydrogen) atoms. The third-order valence-electron chi connectivity index (χ3n) is 3.57. The number of benzene rings is 2. The quantitative estimate of drug-likeness (QED) is 0.690. The minimum absolute atomic E-state index is 0.0533. The first-order chi connectivity index (χ1) is 12.1. The molecular weight excluding hydrogens is 334 g/mol. The molecule has 0 saturated heterocycles. The van der Waals surface area contributed by atoms with Gasteiger partial charge in [-0.3, -0.25) is 4.79 Å². The highest BCUT2D eigenvalue weighted by Gasteiger charge is 2.12. The monoisotopic (exact) mass is 359 g/mol. The molecular formula is C20H25NO3S. The van der Waals surface area contributed by atoms with Crippen LogP contribution >= 0.6 is 11.8 Å². The van der Waals surface area contributed by atoms with Crippen molar-refractivity contribution < 1.29 is 14.3 Å². The van der Waals surface area contributed by atoms with Crippen molar-refractivity contribution >= 4 is 23.4 Å². The number of ether oxygens (including phenoxy) is 2. The molecule has 0 bridgehead atoms. The lowest BCUT2D eigenvalue weighted by molar-refractivity contribution is -0.113. The first-order valence-electron chi connectivity index (χ1n) is 8.50. The summed E-state index contributed by atoms with van der Waals surface area (Å²) >= 11 is 1.61. The third-order valence-corrected chi connectivity index (χ3v) is 4.77. The number of anilines is 1. The molecule has 0 heterocycles. The Morgan fingerprint density at radius 1 is 1.08 bits per heavy atom. The van der Waals surface area contributed by atoms with Crippen LogP contribution in [-0.2, 0) is 4.79 Å². The predicted octanol–water partition coefficient (Wildman–Crippen LogP) is 4.92. The zero-order valence-electron chi connectivity index (χ0n) is 15.0. The van der Waals surface area contributed by atoms with Crippen LogP contribution in [0.4, 0.5) is 5.69 Å². The molecule has 0 aliphatic rings. The van der Waals surface area contributed by atoms with Gasteiger partial charge in [0.05, 0.1) is 24.7 Å². The highest BCUT2D eigenvalue weighted by Crippen LogP contribution is 2.31. The molecule has 2 aromatic carbocycles. The van der Waals surface area contributed by atoms with Gasteiger partial charge in [-0.05, 0) is 38.5 Å². The fourth-order valence-corrected chi connectivity index (χ4v) is 3.17. The number of rotatable bonds is 9. The van der Waals surface area contributed by atoms with E-state index in [0.717, 1.165) is 0 Å². The number of carbonyl (C=O) groups is 1. The summed E-state index contributed by atoms with van der Waals surface area (Å²) in [6.45, 7) is 7.06. The average molecular weight is 359 g/mol. The van der Waals surface area contributed by atoms with Crippen molar-refractivity contribution in [3.05, 3.63) is 54.1 Å². The summed E-state index contributed by atoms with van der Waals surface area (Å²) in [4.78, 5) is 12.3. The Morgan fingerprint density at radius 2 is 1.80 bits per heavy atom. The van der Waals surface area contributed by atoms with Crippen molar-refractivity contribution in [3.8, 4) is 11.5 Å². The molecule has 2 aromatic rings. The summed E-state index contributed by atoms with van der Waals surface area (Å²) in [5.74, 6) is 1.69. The van der Waals surface area contributed by atoms with Crippen LogP contribution in [0.5, 0.6) is 11.5 Å². The van der Waals surface area contributed by atoms with Gasteiger partial charge in [0.15, 0.2) is 0 Å². The first kappa shape index (κ1) is 19.2.